The predicted molar refractivity (Wildman–Crippen MR) is 143 cm³/mol. The SMILES string of the molecule is CCOC(=O)c1cn(-c2ccc(OCOCCOC)cc2)c2cc(N3CCC(NC(C)=O)C3)c(F)c(F)c2c1=O. The van der Waals surface area contributed by atoms with Crippen LogP contribution in [0.4, 0.5) is 14.5 Å². The van der Waals surface area contributed by atoms with Gasteiger partial charge >= 0.3 is 5.97 Å². The van der Waals surface area contributed by atoms with E-state index in [1.54, 1.807) is 43.2 Å². The molecule has 0 radical (unpaired) electrons. The molecule has 214 valence electrons. The van der Waals surface area contributed by atoms with Crippen LogP contribution in [0.2, 0.25) is 0 Å². The molecule has 2 aromatic carbocycles. The summed E-state index contributed by atoms with van der Waals surface area (Å²) in [5.74, 6) is -3.26. The van der Waals surface area contributed by atoms with Gasteiger partial charge < -0.3 is 33.7 Å². The summed E-state index contributed by atoms with van der Waals surface area (Å²) in [7, 11) is 1.56. The van der Waals surface area contributed by atoms with Gasteiger partial charge in [0.2, 0.25) is 11.3 Å². The second-order valence-corrected chi connectivity index (χ2v) is 9.17. The molecule has 0 spiro atoms. The van der Waals surface area contributed by atoms with Crippen molar-refractivity contribution in [3.05, 3.63) is 63.9 Å². The fraction of sp³-hybridized carbons (Fsp3) is 0.393. The van der Waals surface area contributed by atoms with Gasteiger partial charge in [-0.3, -0.25) is 9.59 Å². The molecule has 1 aliphatic rings. The maximum absolute atomic E-state index is 15.6. The van der Waals surface area contributed by atoms with Crippen LogP contribution in [0, 0.1) is 11.6 Å². The maximum atomic E-state index is 15.6. The number of benzene rings is 2. The fourth-order valence-electron chi connectivity index (χ4n) is 4.59. The summed E-state index contributed by atoms with van der Waals surface area (Å²) in [6.07, 6.45) is 1.81. The normalized spacial score (nSPS) is 14.9. The van der Waals surface area contributed by atoms with Crippen LogP contribution in [-0.4, -0.2) is 69.3 Å². The van der Waals surface area contributed by atoms with Crippen molar-refractivity contribution in [2.45, 2.75) is 26.3 Å². The van der Waals surface area contributed by atoms with Crippen LogP contribution in [-0.2, 0) is 19.0 Å². The van der Waals surface area contributed by atoms with Crippen molar-refractivity contribution in [2.24, 2.45) is 0 Å². The monoisotopic (exact) mass is 559 g/mol. The van der Waals surface area contributed by atoms with Crippen LogP contribution in [0.3, 0.4) is 0 Å². The number of ether oxygens (including phenoxy) is 4. The largest absolute Gasteiger partial charge is 0.468 e. The Morgan fingerprint density at radius 2 is 1.88 bits per heavy atom. The van der Waals surface area contributed by atoms with Crippen LogP contribution in [0.1, 0.15) is 30.6 Å². The summed E-state index contributed by atoms with van der Waals surface area (Å²) < 4.78 is 53.2. The molecule has 3 aromatic rings. The molecule has 10 nitrogen and oxygen atoms in total. The van der Waals surface area contributed by atoms with Crippen molar-refractivity contribution in [3.8, 4) is 11.4 Å². The van der Waals surface area contributed by atoms with Crippen molar-refractivity contribution in [1.82, 2.24) is 9.88 Å². The Hall–Kier alpha value is -4.03. The second-order valence-electron chi connectivity index (χ2n) is 9.17. The third-order valence-corrected chi connectivity index (χ3v) is 6.44. The smallest absolute Gasteiger partial charge is 0.343 e. The van der Waals surface area contributed by atoms with E-state index in [1.807, 2.05) is 0 Å². The molecule has 4 rings (SSSR count). The van der Waals surface area contributed by atoms with E-state index in [-0.39, 0.29) is 43.1 Å². The summed E-state index contributed by atoms with van der Waals surface area (Å²) >= 11 is 0. The first kappa shape index (κ1) is 29.0. The summed E-state index contributed by atoms with van der Waals surface area (Å²) in [4.78, 5) is 38.9. The van der Waals surface area contributed by atoms with Crippen LogP contribution in [0.25, 0.3) is 16.6 Å². The third-order valence-electron chi connectivity index (χ3n) is 6.44. The Bertz CT molecular complexity index is 1440. The lowest BCUT2D eigenvalue weighted by Gasteiger charge is -2.22. The minimum absolute atomic E-state index is 0.000171. The molecular formula is C28H31F2N3O7. The lowest BCUT2D eigenvalue weighted by Crippen LogP contribution is -2.35. The molecular weight excluding hydrogens is 528 g/mol. The van der Waals surface area contributed by atoms with E-state index in [2.05, 4.69) is 5.32 Å². The average Bonchev–Trinajstić information content (AvgIpc) is 3.38. The molecule has 2 heterocycles. The van der Waals surface area contributed by atoms with Gasteiger partial charge in [-0.05, 0) is 43.7 Å². The summed E-state index contributed by atoms with van der Waals surface area (Å²) in [6.45, 7) is 4.39. The van der Waals surface area contributed by atoms with Crippen molar-refractivity contribution in [3.63, 3.8) is 0 Å². The Kier molecular flexibility index (Phi) is 9.33. The van der Waals surface area contributed by atoms with Crippen LogP contribution >= 0.6 is 0 Å². The highest BCUT2D eigenvalue weighted by Crippen LogP contribution is 2.32. The number of carbonyl (C=O) groups is 2. The second kappa shape index (κ2) is 12.9. The van der Waals surface area contributed by atoms with Gasteiger partial charge in [-0.2, -0.15) is 0 Å². The van der Waals surface area contributed by atoms with Crippen LogP contribution in [0.5, 0.6) is 5.75 Å². The number of esters is 1. The number of nitrogens with one attached hydrogen (secondary N) is 1. The van der Waals surface area contributed by atoms with Crippen LogP contribution in [0.15, 0.2) is 41.3 Å². The Morgan fingerprint density at radius 3 is 2.55 bits per heavy atom. The highest BCUT2D eigenvalue weighted by atomic mass is 19.2. The van der Waals surface area contributed by atoms with Gasteiger partial charge in [0.05, 0.1) is 36.4 Å². The van der Waals surface area contributed by atoms with E-state index in [4.69, 9.17) is 18.9 Å². The van der Waals surface area contributed by atoms with E-state index in [0.29, 0.717) is 37.6 Å². The third kappa shape index (κ3) is 6.23. The number of rotatable bonds is 11. The number of hydrogen-bond acceptors (Lipinski definition) is 8. The topological polar surface area (TPSA) is 108 Å². The lowest BCUT2D eigenvalue weighted by atomic mass is 10.1. The first-order valence-corrected chi connectivity index (χ1v) is 12.8. The minimum Gasteiger partial charge on any atom is -0.468 e. The molecule has 1 fully saturated rings. The number of aromatic nitrogens is 1. The van der Waals surface area contributed by atoms with E-state index < -0.39 is 34.0 Å². The number of hydrogen-bond donors (Lipinski definition) is 1. The lowest BCUT2D eigenvalue weighted by molar-refractivity contribution is -0.119. The first-order chi connectivity index (χ1) is 19.2. The summed E-state index contributed by atoms with van der Waals surface area (Å²) in [5.41, 5.74) is -0.940. The van der Waals surface area contributed by atoms with Gasteiger partial charge in [-0.1, -0.05) is 0 Å². The zero-order valence-corrected chi connectivity index (χ0v) is 22.5. The predicted octanol–water partition coefficient (Wildman–Crippen LogP) is 3.16. The van der Waals surface area contributed by atoms with E-state index in [0.717, 1.165) is 0 Å². The van der Waals surface area contributed by atoms with Crippen molar-refractivity contribution in [1.29, 1.82) is 0 Å². The van der Waals surface area contributed by atoms with Crippen molar-refractivity contribution >= 4 is 28.5 Å². The number of methoxy groups -OCH3 is 1. The molecule has 0 bridgehead atoms. The van der Waals surface area contributed by atoms with E-state index in [1.165, 1.54) is 23.8 Å². The van der Waals surface area contributed by atoms with Crippen molar-refractivity contribution in [2.75, 3.05) is 51.7 Å². The number of anilines is 1. The molecule has 0 aliphatic carbocycles. The van der Waals surface area contributed by atoms with Gasteiger partial charge in [0.15, 0.2) is 18.4 Å². The number of amides is 1. The van der Waals surface area contributed by atoms with Gasteiger partial charge in [-0.15, -0.1) is 0 Å². The summed E-state index contributed by atoms with van der Waals surface area (Å²) in [6, 6.07) is 7.73. The van der Waals surface area contributed by atoms with Gasteiger partial charge in [-0.25, -0.2) is 13.6 Å². The number of fused-ring (bicyclic) bond motifs is 1. The van der Waals surface area contributed by atoms with Gasteiger partial charge in [0, 0.05) is 45.0 Å². The molecule has 0 saturated carbocycles. The molecule has 40 heavy (non-hydrogen) atoms. The standard InChI is InChI=1S/C28H31F2N3O7/c1-4-39-28(36)21-15-33(19-5-7-20(8-6-19)40-16-38-12-11-37-3)22-13-23(25(29)26(30)24(22)27(21)35)32-10-9-18(14-32)31-17(2)34/h5-8,13,15,18H,4,9-12,14,16H2,1-3H3,(H,31,34). The Labute approximate surface area is 229 Å². The van der Waals surface area contributed by atoms with Crippen molar-refractivity contribution < 1.29 is 37.3 Å². The van der Waals surface area contributed by atoms with Crippen LogP contribution < -0.4 is 20.4 Å². The van der Waals surface area contributed by atoms with Gasteiger partial charge in [0.25, 0.3) is 0 Å². The molecule has 1 unspecified atom stereocenters. The molecule has 12 heteroatoms. The molecule has 1 atom stereocenters. The molecule has 1 amide bonds. The molecule has 1 N–H and O–H groups in total. The molecule has 1 saturated heterocycles. The number of nitrogens with zero attached hydrogens (tertiary/aromatic N) is 2. The average molecular weight is 560 g/mol. The Morgan fingerprint density at radius 1 is 1.12 bits per heavy atom. The highest BCUT2D eigenvalue weighted by Gasteiger charge is 2.29. The van der Waals surface area contributed by atoms with E-state index in [9.17, 15) is 14.4 Å². The summed E-state index contributed by atoms with van der Waals surface area (Å²) in [5, 5.41) is 2.22. The zero-order valence-electron chi connectivity index (χ0n) is 22.5. The minimum atomic E-state index is -1.37. The first-order valence-electron chi connectivity index (χ1n) is 12.8. The maximum Gasteiger partial charge on any atom is 0.343 e. The molecule has 1 aliphatic heterocycles. The molecule has 1 aromatic heterocycles. The van der Waals surface area contributed by atoms with E-state index >= 15 is 8.78 Å². The quantitative estimate of drug-likeness (QED) is 0.217. The highest BCUT2D eigenvalue weighted by molar-refractivity contribution is 5.95. The fourth-order valence-corrected chi connectivity index (χ4v) is 4.59. The zero-order chi connectivity index (χ0) is 28.8. The number of halogens is 2. The number of pyridine rings is 1. The van der Waals surface area contributed by atoms with Gasteiger partial charge in [0.1, 0.15) is 11.3 Å². The Balaban J connectivity index is 1.78. The number of carbonyl (C=O) groups excluding carboxylic acids is 2.